The fraction of sp³-hybridized carbons (Fsp3) is 0.167. The molecule has 1 heterocycles. The Morgan fingerprint density at radius 3 is 2.33 bits per heavy atom. The van der Waals surface area contributed by atoms with Gasteiger partial charge in [0.1, 0.15) is 11.7 Å². The number of ether oxygens (including phenoxy) is 1. The zero-order valence-corrected chi connectivity index (χ0v) is 17.0. The Hall–Kier alpha value is -3.31. The largest absolute Gasteiger partial charge is 0.497 e. The third kappa shape index (κ3) is 3.64. The fourth-order valence-corrected chi connectivity index (χ4v) is 4.12. The lowest BCUT2D eigenvalue weighted by molar-refractivity contribution is -0.140. The molecule has 1 amide bonds. The fourth-order valence-electron chi connectivity index (χ4n) is 3.99. The van der Waals surface area contributed by atoms with Gasteiger partial charge >= 0.3 is 5.97 Å². The number of carbonyl (C=O) groups is 2. The highest BCUT2D eigenvalue weighted by Crippen LogP contribution is 2.43. The lowest BCUT2D eigenvalue weighted by Gasteiger charge is -2.41. The van der Waals surface area contributed by atoms with E-state index in [4.69, 9.17) is 16.3 Å². The number of aliphatic carboxylic acids is 1. The van der Waals surface area contributed by atoms with Crippen LogP contribution in [0.5, 0.6) is 5.75 Å². The maximum atomic E-state index is 13.4. The minimum absolute atomic E-state index is 0.195. The predicted octanol–water partition coefficient (Wildman–Crippen LogP) is 4.91. The van der Waals surface area contributed by atoms with Gasteiger partial charge in [0.25, 0.3) is 5.91 Å². The normalized spacial score (nSPS) is 18.1. The Morgan fingerprint density at radius 1 is 1.03 bits per heavy atom. The van der Waals surface area contributed by atoms with Gasteiger partial charge in [-0.25, -0.2) is 0 Å². The van der Waals surface area contributed by atoms with Gasteiger partial charge in [-0.3, -0.25) is 9.59 Å². The first-order valence-electron chi connectivity index (χ1n) is 9.50. The Balaban J connectivity index is 1.85. The van der Waals surface area contributed by atoms with Crippen LogP contribution in [0.2, 0.25) is 5.02 Å². The van der Waals surface area contributed by atoms with E-state index >= 15 is 0 Å². The second kappa shape index (κ2) is 8.20. The molecule has 5 nitrogen and oxygen atoms in total. The average Bonchev–Trinajstić information content (AvgIpc) is 2.76. The van der Waals surface area contributed by atoms with Crippen molar-refractivity contribution in [2.24, 2.45) is 0 Å². The van der Waals surface area contributed by atoms with Crippen LogP contribution in [0.1, 0.15) is 39.0 Å². The average molecular weight is 422 g/mol. The van der Waals surface area contributed by atoms with Gasteiger partial charge in [0.2, 0.25) is 0 Å². The summed E-state index contributed by atoms with van der Waals surface area (Å²) < 4.78 is 5.23. The number of carboxylic acid groups (broad SMARTS) is 1. The van der Waals surface area contributed by atoms with E-state index in [0.717, 1.165) is 11.1 Å². The van der Waals surface area contributed by atoms with Crippen LogP contribution < -0.4 is 4.74 Å². The summed E-state index contributed by atoms with van der Waals surface area (Å²) >= 11 is 6.00. The predicted molar refractivity (Wildman–Crippen MR) is 114 cm³/mol. The van der Waals surface area contributed by atoms with Gasteiger partial charge in [0.15, 0.2) is 0 Å². The molecule has 2 atom stereocenters. The number of halogens is 1. The first kappa shape index (κ1) is 20.0. The summed E-state index contributed by atoms with van der Waals surface area (Å²) in [6, 6.07) is 20.7. The molecule has 30 heavy (non-hydrogen) atoms. The molecule has 0 saturated heterocycles. The molecule has 4 rings (SSSR count). The van der Waals surface area contributed by atoms with Crippen molar-refractivity contribution in [1.82, 2.24) is 4.90 Å². The molecule has 0 bridgehead atoms. The van der Waals surface area contributed by atoms with Gasteiger partial charge in [-0.2, -0.15) is 0 Å². The molecule has 1 aliphatic heterocycles. The molecule has 0 aromatic heterocycles. The van der Waals surface area contributed by atoms with E-state index in [-0.39, 0.29) is 12.5 Å². The molecule has 0 radical (unpaired) electrons. The van der Waals surface area contributed by atoms with Crippen molar-refractivity contribution < 1.29 is 19.4 Å². The summed E-state index contributed by atoms with van der Waals surface area (Å²) in [6.07, 6.45) is 0. The summed E-state index contributed by atoms with van der Waals surface area (Å²) in [5.41, 5.74) is 2.56. The molecular weight excluding hydrogens is 402 g/mol. The molecule has 3 aromatic rings. The van der Waals surface area contributed by atoms with Crippen LogP contribution in [-0.4, -0.2) is 29.0 Å². The van der Waals surface area contributed by atoms with Crippen LogP contribution in [0.3, 0.4) is 0 Å². The zero-order valence-electron chi connectivity index (χ0n) is 16.3. The quantitative estimate of drug-likeness (QED) is 0.635. The summed E-state index contributed by atoms with van der Waals surface area (Å²) in [5.74, 6) is -1.40. The smallest absolute Gasteiger partial charge is 0.313 e. The van der Waals surface area contributed by atoms with Crippen molar-refractivity contribution in [2.45, 2.75) is 18.5 Å². The molecule has 0 unspecified atom stereocenters. The van der Waals surface area contributed by atoms with Crippen molar-refractivity contribution >= 4 is 23.5 Å². The third-order valence-electron chi connectivity index (χ3n) is 5.43. The number of nitrogens with zero attached hydrogens (tertiary/aromatic N) is 1. The number of amides is 1. The maximum absolute atomic E-state index is 13.4. The van der Waals surface area contributed by atoms with Crippen molar-refractivity contribution in [2.75, 3.05) is 7.11 Å². The monoisotopic (exact) mass is 421 g/mol. The Kier molecular flexibility index (Phi) is 5.46. The summed E-state index contributed by atoms with van der Waals surface area (Å²) in [7, 11) is 1.57. The number of carboxylic acids is 1. The van der Waals surface area contributed by atoms with E-state index in [2.05, 4.69) is 0 Å². The van der Waals surface area contributed by atoms with Gasteiger partial charge in [0.05, 0.1) is 13.2 Å². The molecule has 1 aliphatic rings. The van der Waals surface area contributed by atoms with E-state index < -0.39 is 17.9 Å². The van der Waals surface area contributed by atoms with Crippen molar-refractivity contribution in [3.63, 3.8) is 0 Å². The minimum Gasteiger partial charge on any atom is -0.497 e. The number of carbonyl (C=O) groups excluding carboxylic acids is 1. The molecule has 6 heteroatoms. The number of benzene rings is 3. The Labute approximate surface area is 179 Å². The van der Waals surface area contributed by atoms with Gasteiger partial charge < -0.3 is 14.7 Å². The molecule has 3 aromatic carbocycles. The zero-order chi connectivity index (χ0) is 21.3. The SMILES string of the molecule is COc1ccc([C@H]2[C@@H](C(=O)O)c3ccccc3C(=O)N2Cc2ccc(Cl)cc2)cc1. The van der Waals surface area contributed by atoms with Crippen LogP contribution in [0.25, 0.3) is 0 Å². The van der Waals surface area contributed by atoms with Crippen molar-refractivity contribution in [3.8, 4) is 5.75 Å². The second-order valence-corrected chi connectivity index (χ2v) is 7.62. The highest BCUT2D eigenvalue weighted by Gasteiger charge is 2.44. The number of rotatable bonds is 5. The van der Waals surface area contributed by atoms with Crippen molar-refractivity contribution in [3.05, 3.63) is 100 Å². The van der Waals surface area contributed by atoms with Crippen LogP contribution in [0.4, 0.5) is 0 Å². The molecule has 152 valence electrons. The summed E-state index contributed by atoms with van der Waals surface area (Å²) in [4.78, 5) is 27.5. The topological polar surface area (TPSA) is 66.8 Å². The van der Waals surface area contributed by atoms with E-state index in [1.807, 2.05) is 24.3 Å². The molecule has 0 saturated carbocycles. The van der Waals surface area contributed by atoms with E-state index in [0.29, 0.717) is 21.9 Å². The van der Waals surface area contributed by atoms with Crippen LogP contribution in [0.15, 0.2) is 72.8 Å². The number of methoxy groups -OCH3 is 1. The number of hydrogen-bond acceptors (Lipinski definition) is 3. The van der Waals surface area contributed by atoms with Gasteiger partial charge in [-0.15, -0.1) is 0 Å². The maximum Gasteiger partial charge on any atom is 0.313 e. The molecule has 0 aliphatic carbocycles. The lowest BCUT2D eigenvalue weighted by atomic mass is 9.79. The number of hydrogen-bond donors (Lipinski definition) is 1. The van der Waals surface area contributed by atoms with Crippen LogP contribution in [-0.2, 0) is 11.3 Å². The highest BCUT2D eigenvalue weighted by molar-refractivity contribution is 6.30. The number of fused-ring (bicyclic) bond motifs is 1. The van der Waals surface area contributed by atoms with Crippen molar-refractivity contribution in [1.29, 1.82) is 0 Å². The second-order valence-electron chi connectivity index (χ2n) is 7.18. The molecule has 0 spiro atoms. The Morgan fingerprint density at radius 2 is 1.70 bits per heavy atom. The third-order valence-corrected chi connectivity index (χ3v) is 5.68. The van der Waals surface area contributed by atoms with E-state index in [9.17, 15) is 14.7 Å². The van der Waals surface area contributed by atoms with Gasteiger partial charge in [0, 0.05) is 17.1 Å². The molecule has 0 fully saturated rings. The lowest BCUT2D eigenvalue weighted by Crippen LogP contribution is -2.44. The first-order valence-corrected chi connectivity index (χ1v) is 9.88. The molecule has 1 N–H and O–H groups in total. The summed E-state index contributed by atoms with van der Waals surface area (Å²) in [5, 5.41) is 10.7. The standard InChI is InChI=1S/C24H20ClNO4/c1-30-18-12-8-16(9-13-18)22-21(24(28)29)19-4-2-3-5-20(19)23(27)26(22)14-15-6-10-17(25)11-7-15/h2-13,21-22H,14H2,1H3,(H,28,29)/t21-,22-/m0/s1. The Bertz CT molecular complexity index is 1080. The first-order chi connectivity index (χ1) is 14.5. The highest BCUT2D eigenvalue weighted by atomic mass is 35.5. The van der Waals surface area contributed by atoms with Gasteiger partial charge in [-0.1, -0.05) is 54.1 Å². The van der Waals surface area contributed by atoms with E-state index in [1.165, 1.54) is 0 Å². The summed E-state index contributed by atoms with van der Waals surface area (Å²) in [6.45, 7) is 0.269. The van der Waals surface area contributed by atoms with E-state index in [1.54, 1.807) is 60.5 Å². The van der Waals surface area contributed by atoms with Crippen LogP contribution in [0, 0.1) is 0 Å². The molecular formula is C24H20ClNO4. The van der Waals surface area contributed by atoms with Gasteiger partial charge in [-0.05, 0) is 47.0 Å². The van der Waals surface area contributed by atoms with Crippen LogP contribution >= 0.6 is 11.6 Å². The minimum atomic E-state index is -0.975.